The number of nitrogens with zero attached hydrogens (tertiary/aromatic N) is 3. The number of pyridine rings is 1. The van der Waals surface area contributed by atoms with Gasteiger partial charge in [0.25, 0.3) is 5.92 Å². The van der Waals surface area contributed by atoms with Crippen LogP contribution in [0.3, 0.4) is 0 Å². The van der Waals surface area contributed by atoms with Crippen LogP contribution < -0.4 is 16.3 Å². The van der Waals surface area contributed by atoms with Gasteiger partial charge in [0.05, 0.1) is 29.4 Å². The number of aromatic nitrogens is 1. The lowest BCUT2D eigenvalue weighted by Gasteiger charge is -2.23. The lowest BCUT2D eigenvalue weighted by atomic mass is 9.98. The van der Waals surface area contributed by atoms with E-state index < -0.39 is 17.9 Å². The normalized spacial score (nSPS) is 21.1. The Morgan fingerprint density at radius 1 is 1.26 bits per heavy atom. The van der Waals surface area contributed by atoms with Crippen molar-refractivity contribution in [3.05, 3.63) is 29.7 Å². The Bertz CT molecular complexity index is 795. The molecule has 0 radical (unpaired) electrons. The summed E-state index contributed by atoms with van der Waals surface area (Å²) in [6.07, 6.45) is 6.59. The summed E-state index contributed by atoms with van der Waals surface area (Å²) in [6, 6.07) is 3.52. The highest BCUT2D eigenvalue weighted by atomic mass is 19.3. The van der Waals surface area contributed by atoms with Crippen molar-refractivity contribution < 1.29 is 23.0 Å². The summed E-state index contributed by atoms with van der Waals surface area (Å²) in [6.45, 7) is -0.284. The summed E-state index contributed by atoms with van der Waals surface area (Å²) in [7, 11) is 2.98. The molecule has 2 aliphatic carbocycles. The molecule has 31 heavy (non-hydrogen) atoms. The van der Waals surface area contributed by atoms with Gasteiger partial charge in [0.2, 0.25) is 0 Å². The summed E-state index contributed by atoms with van der Waals surface area (Å²) >= 11 is 0. The van der Waals surface area contributed by atoms with Crippen molar-refractivity contribution in [1.82, 2.24) is 14.9 Å². The molecule has 0 aromatic carbocycles. The molecule has 4 N–H and O–H groups in total. The van der Waals surface area contributed by atoms with Crippen molar-refractivity contribution in [2.24, 2.45) is 17.5 Å². The summed E-state index contributed by atoms with van der Waals surface area (Å²) in [4.78, 5) is 17.6. The molecule has 2 fully saturated rings. The van der Waals surface area contributed by atoms with Gasteiger partial charge in [-0.3, -0.25) is 4.98 Å². The molecule has 3 rings (SSSR count). The summed E-state index contributed by atoms with van der Waals surface area (Å²) in [5.74, 6) is 3.02. The standard InChI is InChI=1S/C21H31F2N5O3/c1-27(12-14-10-21(14,22)23)20(29)30-13-18(28(2)25)19(24)17-9-8-16(11-26-17)31-15-6-4-3-5-7-15/h8-9,11,14-15H,3-7,10,12-13,24-25H2,1-2H3/b19-18-. The van der Waals surface area contributed by atoms with Gasteiger partial charge in [0.1, 0.15) is 12.4 Å². The minimum absolute atomic E-state index is 0.0666. The molecule has 10 heteroatoms. The summed E-state index contributed by atoms with van der Waals surface area (Å²) < 4.78 is 37.3. The molecule has 0 aliphatic heterocycles. The predicted molar refractivity (Wildman–Crippen MR) is 112 cm³/mol. The molecule has 1 aromatic rings. The lowest BCUT2D eigenvalue weighted by molar-refractivity contribution is 0.0811. The van der Waals surface area contributed by atoms with Crippen LogP contribution in [0.5, 0.6) is 5.75 Å². The Labute approximate surface area is 181 Å². The van der Waals surface area contributed by atoms with Crippen molar-refractivity contribution >= 4 is 11.8 Å². The highest BCUT2D eigenvalue weighted by molar-refractivity contribution is 5.68. The van der Waals surface area contributed by atoms with Crippen LogP contribution in [0.25, 0.3) is 5.70 Å². The summed E-state index contributed by atoms with van der Waals surface area (Å²) in [5, 5.41) is 1.24. The molecule has 1 heterocycles. The van der Waals surface area contributed by atoms with Gasteiger partial charge in [-0.15, -0.1) is 0 Å². The molecule has 1 aromatic heterocycles. The van der Waals surface area contributed by atoms with Gasteiger partial charge in [-0.2, -0.15) is 0 Å². The first kappa shape index (κ1) is 23.1. The van der Waals surface area contributed by atoms with Crippen LogP contribution in [-0.2, 0) is 4.74 Å². The Morgan fingerprint density at radius 3 is 2.48 bits per heavy atom. The monoisotopic (exact) mass is 439 g/mol. The van der Waals surface area contributed by atoms with Gasteiger partial charge in [-0.1, -0.05) is 6.42 Å². The first-order chi connectivity index (χ1) is 14.7. The van der Waals surface area contributed by atoms with Gasteiger partial charge < -0.3 is 25.1 Å². The molecule has 0 saturated heterocycles. The smallest absolute Gasteiger partial charge is 0.409 e. The van der Waals surface area contributed by atoms with E-state index in [1.54, 1.807) is 25.4 Å². The zero-order chi connectivity index (χ0) is 22.6. The second-order valence-corrected chi connectivity index (χ2v) is 8.33. The Kier molecular flexibility index (Phi) is 7.19. The molecule has 1 unspecified atom stereocenters. The maximum atomic E-state index is 13.1. The number of carbonyl (C=O) groups is 1. The molecule has 2 aliphatic rings. The average Bonchev–Trinajstić information content (AvgIpc) is 3.34. The molecule has 2 saturated carbocycles. The van der Waals surface area contributed by atoms with Crippen LogP contribution in [0.15, 0.2) is 24.0 Å². The van der Waals surface area contributed by atoms with Crippen LogP contribution in [-0.4, -0.2) is 60.3 Å². The minimum Gasteiger partial charge on any atom is -0.489 e. The number of hydrazine groups is 1. The number of hydrogen-bond acceptors (Lipinski definition) is 7. The van der Waals surface area contributed by atoms with E-state index in [0.717, 1.165) is 17.7 Å². The Balaban J connectivity index is 1.59. The molecule has 1 atom stereocenters. The van der Waals surface area contributed by atoms with Crippen molar-refractivity contribution in [1.29, 1.82) is 0 Å². The number of halogens is 2. The van der Waals surface area contributed by atoms with Crippen molar-refractivity contribution in [2.75, 3.05) is 27.2 Å². The third kappa shape index (κ3) is 6.19. The van der Waals surface area contributed by atoms with Crippen LogP contribution in [0.2, 0.25) is 0 Å². The Hall–Kier alpha value is -2.62. The van der Waals surface area contributed by atoms with Crippen LogP contribution in [0, 0.1) is 5.92 Å². The van der Waals surface area contributed by atoms with E-state index in [9.17, 15) is 13.6 Å². The third-order valence-electron chi connectivity index (χ3n) is 5.70. The predicted octanol–water partition coefficient (Wildman–Crippen LogP) is 2.95. The number of carbonyl (C=O) groups excluding carboxylic acids is 1. The maximum Gasteiger partial charge on any atom is 0.409 e. The SMILES string of the molecule is CN(CC1CC1(F)F)C(=O)OC/C(=C(/N)c1ccc(OC2CCCCC2)cn1)N(C)N. The molecule has 1 amide bonds. The minimum atomic E-state index is -2.69. The van der Waals surface area contributed by atoms with Gasteiger partial charge in [-0.05, 0) is 37.8 Å². The largest absolute Gasteiger partial charge is 0.489 e. The fourth-order valence-corrected chi connectivity index (χ4v) is 3.62. The van der Waals surface area contributed by atoms with Gasteiger partial charge in [-0.25, -0.2) is 19.4 Å². The summed E-state index contributed by atoms with van der Waals surface area (Å²) in [5.41, 5.74) is 7.27. The number of rotatable bonds is 8. The fourth-order valence-electron chi connectivity index (χ4n) is 3.62. The van der Waals surface area contributed by atoms with Crippen molar-refractivity contribution in [3.8, 4) is 5.75 Å². The van der Waals surface area contributed by atoms with Crippen molar-refractivity contribution in [3.63, 3.8) is 0 Å². The quantitative estimate of drug-likeness (QED) is 0.474. The number of nitrogens with two attached hydrogens (primary N) is 2. The van der Waals surface area contributed by atoms with E-state index in [1.165, 1.54) is 31.3 Å². The van der Waals surface area contributed by atoms with E-state index >= 15 is 0 Å². The zero-order valence-electron chi connectivity index (χ0n) is 18.0. The number of amides is 1. The molecule has 8 nitrogen and oxygen atoms in total. The first-order valence-electron chi connectivity index (χ1n) is 10.5. The number of likely N-dealkylation sites (N-methyl/N-ethyl adjacent to an activating group) is 1. The highest BCUT2D eigenvalue weighted by Gasteiger charge is 2.57. The number of ether oxygens (including phenoxy) is 2. The van der Waals surface area contributed by atoms with E-state index in [-0.39, 0.29) is 31.4 Å². The number of alkyl halides is 2. The molecule has 172 valence electrons. The van der Waals surface area contributed by atoms with Crippen LogP contribution in [0.4, 0.5) is 13.6 Å². The molecule has 0 bridgehead atoms. The van der Waals surface area contributed by atoms with Crippen LogP contribution >= 0.6 is 0 Å². The zero-order valence-corrected chi connectivity index (χ0v) is 18.0. The van der Waals surface area contributed by atoms with Gasteiger partial charge >= 0.3 is 6.09 Å². The Morgan fingerprint density at radius 2 is 1.94 bits per heavy atom. The molecular formula is C21H31F2N5O3. The van der Waals surface area contributed by atoms with E-state index in [1.807, 2.05) is 0 Å². The number of hydrogen-bond donors (Lipinski definition) is 2. The average molecular weight is 440 g/mol. The van der Waals surface area contributed by atoms with E-state index in [0.29, 0.717) is 17.1 Å². The first-order valence-corrected chi connectivity index (χ1v) is 10.5. The second kappa shape index (κ2) is 9.67. The van der Waals surface area contributed by atoms with Gasteiger partial charge in [0, 0.05) is 33.0 Å². The van der Waals surface area contributed by atoms with E-state index in [2.05, 4.69) is 4.98 Å². The molecule has 0 spiro atoms. The highest BCUT2D eigenvalue weighted by Crippen LogP contribution is 2.48. The third-order valence-corrected chi connectivity index (χ3v) is 5.70. The molecular weight excluding hydrogens is 408 g/mol. The second-order valence-electron chi connectivity index (χ2n) is 8.33. The fraction of sp³-hybridized carbons (Fsp3) is 0.619. The van der Waals surface area contributed by atoms with E-state index in [4.69, 9.17) is 21.1 Å². The maximum absolute atomic E-state index is 13.1. The topological polar surface area (TPSA) is 107 Å². The van der Waals surface area contributed by atoms with Crippen LogP contribution in [0.1, 0.15) is 44.2 Å². The van der Waals surface area contributed by atoms with Crippen molar-refractivity contribution in [2.45, 2.75) is 50.6 Å². The van der Waals surface area contributed by atoms with Gasteiger partial charge in [0.15, 0.2) is 0 Å². The lowest BCUT2D eigenvalue weighted by Crippen LogP contribution is -2.35.